The predicted molar refractivity (Wildman–Crippen MR) is 94.9 cm³/mol. The maximum atomic E-state index is 12.1. The Kier molecular flexibility index (Phi) is 7.05. The van der Waals surface area contributed by atoms with Crippen LogP contribution in [0.2, 0.25) is 5.02 Å². The van der Waals surface area contributed by atoms with Crippen LogP contribution in [0.25, 0.3) is 0 Å². The van der Waals surface area contributed by atoms with Crippen LogP contribution in [0, 0.1) is 17.2 Å². The minimum absolute atomic E-state index is 0.0384. The molecule has 24 heavy (non-hydrogen) atoms. The lowest BCUT2D eigenvalue weighted by atomic mass is 9.90. The van der Waals surface area contributed by atoms with Crippen molar-refractivity contribution in [3.8, 4) is 6.07 Å². The summed E-state index contributed by atoms with van der Waals surface area (Å²) in [5.74, 6) is -0.626. The van der Waals surface area contributed by atoms with Crippen molar-refractivity contribution in [2.75, 3.05) is 18.4 Å². The third-order valence-corrected chi connectivity index (χ3v) is 4.02. The first-order chi connectivity index (χ1) is 11.2. The van der Waals surface area contributed by atoms with Crippen molar-refractivity contribution in [1.29, 1.82) is 5.26 Å². The van der Waals surface area contributed by atoms with Crippen molar-refractivity contribution < 1.29 is 9.59 Å². The Bertz CT molecular complexity index is 654. The second-order valence-corrected chi connectivity index (χ2v) is 6.36. The van der Waals surface area contributed by atoms with Crippen molar-refractivity contribution in [2.24, 2.45) is 5.92 Å². The van der Waals surface area contributed by atoms with E-state index in [9.17, 15) is 14.9 Å². The van der Waals surface area contributed by atoms with E-state index in [2.05, 4.69) is 22.0 Å². The lowest BCUT2D eigenvalue weighted by molar-refractivity contribution is -0.121. The summed E-state index contributed by atoms with van der Waals surface area (Å²) < 4.78 is 0. The first kappa shape index (κ1) is 19.8. The molecule has 0 saturated heterocycles. The monoisotopic (exact) mass is 350 g/mol. The summed E-state index contributed by atoms with van der Waals surface area (Å²) >= 11 is 5.97. The minimum Gasteiger partial charge on any atom is -0.375 e. The van der Waals surface area contributed by atoms with Crippen molar-refractivity contribution >= 4 is 29.1 Å². The van der Waals surface area contributed by atoms with Gasteiger partial charge in [-0.1, -0.05) is 25.4 Å². The second kappa shape index (κ2) is 8.55. The van der Waals surface area contributed by atoms with Crippen LogP contribution in [0.3, 0.4) is 0 Å². The van der Waals surface area contributed by atoms with E-state index >= 15 is 0 Å². The molecule has 0 aromatic heterocycles. The van der Waals surface area contributed by atoms with Gasteiger partial charge in [0.05, 0.1) is 18.2 Å². The summed E-state index contributed by atoms with van der Waals surface area (Å²) in [5, 5.41) is 18.0. The zero-order chi connectivity index (χ0) is 18.3. The number of nitrogens with one attached hydrogen (secondary N) is 3. The van der Waals surface area contributed by atoms with Gasteiger partial charge in [0.15, 0.2) is 0 Å². The normalized spacial score (nSPS) is 12.9. The van der Waals surface area contributed by atoms with Gasteiger partial charge in [-0.25, -0.2) is 0 Å². The molecule has 0 spiro atoms. The second-order valence-electron chi connectivity index (χ2n) is 5.92. The number of anilines is 1. The van der Waals surface area contributed by atoms with E-state index in [-0.39, 0.29) is 24.3 Å². The van der Waals surface area contributed by atoms with Gasteiger partial charge in [0.2, 0.25) is 5.91 Å². The number of halogens is 1. The maximum absolute atomic E-state index is 12.1. The summed E-state index contributed by atoms with van der Waals surface area (Å²) in [7, 11) is 0. The number of rotatable bonds is 7. The summed E-state index contributed by atoms with van der Waals surface area (Å²) in [6.07, 6.45) is 0. The van der Waals surface area contributed by atoms with Gasteiger partial charge in [-0.15, -0.1) is 0 Å². The number of amides is 2. The molecular formula is C17H23ClN4O2. The van der Waals surface area contributed by atoms with Crippen LogP contribution in [-0.2, 0) is 4.79 Å². The van der Waals surface area contributed by atoms with Gasteiger partial charge in [0, 0.05) is 17.3 Å². The smallest absolute Gasteiger partial charge is 0.253 e. The summed E-state index contributed by atoms with van der Waals surface area (Å²) in [5.41, 5.74) is -0.0806. The SMILES string of the molecule is CCNC(=O)c1ccc(Cl)cc1NCC(=O)N[C@](C)(C#N)C(C)C. The van der Waals surface area contributed by atoms with Gasteiger partial charge in [-0.05, 0) is 38.0 Å². The van der Waals surface area contributed by atoms with E-state index in [4.69, 9.17) is 11.6 Å². The highest BCUT2D eigenvalue weighted by atomic mass is 35.5. The zero-order valence-corrected chi connectivity index (χ0v) is 15.1. The van der Waals surface area contributed by atoms with Crippen LogP contribution in [0.15, 0.2) is 18.2 Å². The first-order valence-electron chi connectivity index (χ1n) is 7.77. The molecule has 1 rings (SSSR count). The molecule has 1 aromatic carbocycles. The third-order valence-electron chi connectivity index (χ3n) is 3.79. The number of nitrogens with zero attached hydrogens (tertiary/aromatic N) is 1. The number of carbonyl (C=O) groups excluding carboxylic acids is 2. The molecule has 3 N–H and O–H groups in total. The van der Waals surface area contributed by atoms with E-state index < -0.39 is 5.54 Å². The largest absolute Gasteiger partial charge is 0.375 e. The average Bonchev–Trinajstić information content (AvgIpc) is 2.52. The molecule has 1 atom stereocenters. The van der Waals surface area contributed by atoms with Crippen molar-refractivity contribution in [3.63, 3.8) is 0 Å². The molecule has 0 radical (unpaired) electrons. The molecule has 0 fully saturated rings. The molecule has 0 aliphatic heterocycles. The fourth-order valence-corrected chi connectivity index (χ4v) is 2.10. The van der Waals surface area contributed by atoms with E-state index in [1.54, 1.807) is 25.1 Å². The molecular weight excluding hydrogens is 328 g/mol. The summed E-state index contributed by atoms with van der Waals surface area (Å²) in [4.78, 5) is 24.2. The maximum Gasteiger partial charge on any atom is 0.253 e. The highest BCUT2D eigenvalue weighted by Crippen LogP contribution is 2.21. The van der Waals surface area contributed by atoms with Gasteiger partial charge in [-0.2, -0.15) is 5.26 Å². The van der Waals surface area contributed by atoms with Crippen molar-refractivity contribution in [3.05, 3.63) is 28.8 Å². The predicted octanol–water partition coefficient (Wildman–Crippen LogP) is 2.56. The number of benzene rings is 1. The van der Waals surface area contributed by atoms with Crippen LogP contribution in [0.1, 0.15) is 38.1 Å². The molecule has 130 valence electrons. The molecule has 0 aliphatic rings. The van der Waals surface area contributed by atoms with E-state index in [0.717, 1.165) is 0 Å². The quantitative estimate of drug-likeness (QED) is 0.704. The van der Waals surface area contributed by atoms with Crippen LogP contribution in [0.5, 0.6) is 0 Å². The van der Waals surface area contributed by atoms with E-state index in [1.165, 1.54) is 0 Å². The molecule has 2 amide bonds. The van der Waals surface area contributed by atoms with Crippen LogP contribution in [0.4, 0.5) is 5.69 Å². The van der Waals surface area contributed by atoms with Crippen LogP contribution in [-0.4, -0.2) is 30.4 Å². The van der Waals surface area contributed by atoms with Crippen molar-refractivity contribution in [2.45, 2.75) is 33.2 Å². The topological polar surface area (TPSA) is 94.0 Å². The number of hydrogen-bond donors (Lipinski definition) is 3. The molecule has 0 unspecified atom stereocenters. The summed E-state index contributed by atoms with van der Waals surface area (Å²) in [6, 6.07) is 6.92. The fourth-order valence-electron chi connectivity index (χ4n) is 1.93. The Balaban J connectivity index is 2.84. The van der Waals surface area contributed by atoms with Gasteiger partial charge in [0.25, 0.3) is 5.91 Å². The molecule has 0 bridgehead atoms. The Labute approximate surface area is 147 Å². The standard InChI is InChI=1S/C17H23ClN4O2/c1-5-20-16(24)13-7-6-12(18)8-14(13)21-9-15(23)22-17(4,10-19)11(2)3/h6-8,11,21H,5,9H2,1-4H3,(H,20,24)(H,22,23)/t17-/m1/s1. The van der Waals surface area contributed by atoms with Crippen molar-refractivity contribution in [1.82, 2.24) is 10.6 Å². The van der Waals surface area contributed by atoms with Gasteiger partial charge in [0.1, 0.15) is 5.54 Å². The Morgan fingerprint density at radius 3 is 2.58 bits per heavy atom. The highest BCUT2D eigenvalue weighted by molar-refractivity contribution is 6.31. The number of nitriles is 1. The average molecular weight is 351 g/mol. The van der Waals surface area contributed by atoms with Gasteiger partial charge in [-0.3, -0.25) is 9.59 Å². The van der Waals surface area contributed by atoms with Crippen LogP contribution >= 0.6 is 11.6 Å². The molecule has 0 saturated carbocycles. The molecule has 0 aliphatic carbocycles. The third kappa shape index (κ3) is 5.14. The van der Waals surface area contributed by atoms with Gasteiger partial charge >= 0.3 is 0 Å². The fraction of sp³-hybridized carbons (Fsp3) is 0.471. The Morgan fingerprint density at radius 2 is 2.04 bits per heavy atom. The first-order valence-corrected chi connectivity index (χ1v) is 8.15. The summed E-state index contributed by atoms with van der Waals surface area (Å²) in [6.45, 7) is 7.65. The lowest BCUT2D eigenvalue weighted by Crippen LogP contribution is -2.50. The zero-order valence-electron chi connectivity index (χ0n) is 14.4. The van der Waals surface area contributed by atoms with Gasteiger partial charge < -0.3 is 16.0 Å². The number of carbonyl (C=O) groups is 2. The Hall–Kier alpha value is -2.26. The van der Waals surface area contributed by atoms with E-state index in [0.29, 0.717) is 22.8 Å². The molecule has 0 heterocycles. The molecule has 6 nitrogen and oxygen atoms in total. The van der Waals surface area contributed by atoms with E-state index in [1.807, 2.05) is 20.8 Å². The molecule has 7 heteroatoms. The minimum atomic E-state index is -0.949. The molecule has 1 aromatic rings. The lowest BCUT2D eigenvalue weighted by Gasteiger charge is -2.27. The number of hydrogen-bond acceptors (Lipinski definition) is 4. The Morgan fingerprint density at radius 1 is 1.38 bits per heavy atom. The highest BCUT2D eigenvalue weighted by Gasteiger charge is 2.29. The van der Waals surface area contributed by atoms with Crippen LogP contribution < -0.4 is 16.0 Å².